The van der Waals surface area contributed by atoms with Gasteiger partial charge < -0.3 is 29.7 Å². The van der Waals surface area contributed by atoms with Crippen LogP contribution in [0.2, 0.25) is 0 Å². The number of ether oxygens (including phenoxy) is 3. The summed E-state index contributed by atoms with van der Waals surface area (Å²) in [5, 5.41) is 21.0. The molecule has 0 bridgehead atoms. The topological polar surface area (TPSA) is 118 Å². The maximum Gasteiger partial charge on any atom is 0.303 e. The van der Waals surface area contributed by atoms with Crippen molar-refractivity contribution in [3.8, 4) is 0 Å². The maximum atomic E-state index is 12.2. The molecule has 0 aromatic heterocycles. The summed E-state index contributed by atoms with van der Waals surface area (Å²) in [5.41, 5.74) is 3.44. The molecule has 2 fully saturated rings. The molecule has 1 amide bonds. The number of carboxylic acid groups (broad SMARTS) is 1. The van der Waals surface area contributed by atoms with E-state index in [1.807, 2.05) is 48.5 Å². The number of morpholine rings is 1. The van der Waals surface area contributed by atoms with Crippen LogP contribution < -0.4 is 5.32 Å². The molecule has 0 saturated carbocycles. The number of aliphatic hydroxyl groups excluding tert-OH is 1. The Labute approximate surface area is 217 Å². The molecule has 2 heterocycles. The molecular formula is C28H36N2O7. The molecule has 37 heavy (non-hydrogen) atoms. The van der Waals surface area contributed by atoms with Crippen molar-refractivity contribution in [3.05, 3.63) is 65.2 Å². The van der Waals surface area contributed by atoms with Gasteiger partial charge in [0.2, 0.25) is 5.91 Å². The van der Waals surface area contributed by atoms with Crippen molar-refractivity contribution in [1.82, 2.24) is 4.90 Å². The Hall–Kier alpha value is -2.82. The van der Waals surface area contributed by atoms with E-state index in [4.69, 9.17) is 19.3 Å². The lowest BCUT2D eigenvalue weighted by molar-refractivity contribution is -0.253. The molecule has 0 aliphatic carbocycles. The molecule has 200 valence electrons. The number of hydrogen-bond donors (Lipinski definition) is 3. The molecule has 9 heteroatoms. The van der Waals surface area contributed by atoms with Crippen molar-refractivity contribution in [1.29, 1.82) is 0 Å². The number of nitrogens with one attached hydrogen (secondary N) is 1. The quantitative estimate of drug-likeness (QED) is 0.391. The van der Waals surface area contributed by atoms with Crippen LogP contribution in [0.4, 0.5) is 5.69 Å². The lowest BCUT2D eigenvalue weighted by Crippen LogP contribution is -2.44. The van der Waals surface area contributed by atoms with Gasteiger partial charge >= 0.3 is 5.97 Å². The third-order valence-corrected chi connectivity index (χ3v) is 6.69. The fraction of sp³-hybridized carbons (Fsp3) is 0.500. The molecule has 3 N–H and O–H groups in total. The number of rotatable bonds is 11. The van der Waals surface area contributed by atoms with Crippen LogP contribution in [0.3, 0.4) is 0 Å². The van der Waals surface area contributed by atoms with E-state index in [1.54, 1.807) is 0 Å². The zero-order chi connectivity index (χ0) is 26.0. The van der Waals surface area contributed by atoms with Crippen molar-refractivity contribution < 1.29 is 34.0 Å². The number of hydrogen-bond acceptors (Lipinski definition) is 7. The summed E-state index contributed by atoms with van der Waals surface area (Å²) in [6.45, 7) is 4.02. The van der Waals surface area contributed by atoms with Crippen LogP contribution in [0.15, 0.2) is 48.5 Å². The first kappa shape index (κ1) is 27.2. The molecule has 9 nitrogen and oxygen atoms in total. The Morgan fingerprint density at radius 3 is 2.27 bits per heavy atom. The van der Waals surface area contributed by atoms with Crippen LogP contribution in [-0.2, 0) is 30.4 Å². The molecule has 2 saturated heterocycles. The Morgan fingerprint density at radius 1 is 0.919 bits per heavy atom. The standard InChI is InChI=1S/C28H36N2O7/c31-19-20-5-7-21(8-6-20)25-17-24(18-30-13-15-35-16-14-30)36-28(37-25)22-9-11-23(12-10-22)29-26(32)3-1-2-4-27(33)34/h5-12,24-25,28,31H,1-4,13-19H2,(H,29,32)(H,33,34)/t24-,25+,28+/m0/s1. The van der Waals surface area contributed by atoms with Crippen molar-refractivity contribution in [2.24, 2.45) is 0 Å². The van der Waals surface area contributed by atoms with Crippen LogP contribution in [0.1, 0.15) is 61.2 Å². The van der Waals surface area contributed by atoms with Gasteiger partial charge in [-0.2, -0.15) is 0 Å². The number of unbranched alkanes of at least 4 members (excludes halogenated alkanes) is 1. The third kappa shape index (κ3) is 8.34. The van der Waals surface area contributed by atoms with Crippen molar-refractivity contribution in [2.45, 2.75) is 57.2 Å². The highest BCUT2D eigenvalue weighted by Crippen LogP contribution is 2.38. The normalized spacial score (nSPS) is 22.5. The minimum absolute atomic E-state index is 0.00240. The van der Waals surface area contributed by atoms with Gasteiger partial charge in [0.25, 0.3) is 0 Å². The van der Waals surface area contributed by atoms with Gasteiger partial charge in [-0.15, -0.1) is 0 Å². The maximum absolute atomic E-state index is 12.2. The Balaban J connectivity index is 1.40. The number of anilines is 1. The van der Waals surface area contributed by atoms with Crippen LogP contribution in [-0.4, -0.2) is 65.9 Å². The summed E-state index contributed by atoms with van der Waals surface area (Å²) >= 11 is 0. The fourth-order valence-electron chi connectivity index (χ4n) is 4.61. The summed E-state index contributed by atoms with van der Waals surface area (Å²) in [6.07, 6.45) is 1.36. The fourth-order valence-corrected chi connectivity index (χ4v) is 4.61. The zero-order valence-corrected chi connectivity index (χ0v) is 21.0. The minimum Gasteiger partial charge on any atom is -0.481 e. The average molecular weight is 513 g/mol. The highest BCUT2D eigenvalue weighted by atomic mass is 16.7. The predicted octanol–water partition coefficient (Wildman–Crippen LogP) is 3.64. The molecule has 4 rings (SSSR count). The molecule has 2 aromatic rings. The highest BCUT2D eigenvalue weighted by Gasteiger charge is 2.33. The summed E-state index contributed by atoms with van der Waals surface area (Å²) in [6, 6.07) is 15.3. The first-order valence-electron chi connectivity index (χ1n) is 12.9. The number of carboxylic acids is 1. The predicted molar refractivity (Wildman–Crippen MR) is 137 cm³/mol. The molecule has 0 unspecified atom stereocenters. The SMILES string of the molecule is O=C(O)CCCCC(=O)Nc1ccc([C@@H]2O[C@H](CN3CCOCC3)C[C@H](c3ccc(CO)cc3)O2)cc1. The van der Waals surface area contributed by atoms with E-state index in [0.29, 0.717) is 18.5 Å². The number of carbonyl (C=O) groups excluding carboxylic acids is 1. The number of aliphatic carboxylic acids is 1. The Kier molecular flexibility index (Phi) is 10.0. The second-order valence-corrected chi connectivity index (χ2v) is 9.53. The largest absolute Gasteiger partial charge is 0.481 e. The summed E-state index contributed by atoms with van der Waals surface area (Å²) < 4.78 is 18.3. The van der Waals surface area contributed by atoms with E-state index in [-0.39, 0.29) is 37.6 Å². The zero-order valence-electron chi connectivity index (χ0n) is 21.0. The van der Waals surface area contributed by atoms with Crippen LogP contribution in [0.25, 0.3) is 0 Å². The van der Waals surface area contributed by atoms with Gasteiger partial charge in [-0.05, 0) is 36.1 Å². The van der Waals surface area contributed by atoms with Gasteiger partial charge in [0.1, 0.15) is 0 Å². The summed E-state index contributed by atoms with van der Waals surface area (Å²) in [4.78, 5) is 25.1. The van der Waals surface area contributed by atoms with E-state index >= 15 is 0 Å². The Bertz CT molecular complexity index is 1010. The first-order chi connectivity index (χ1) is 18.0. The second kappa shape index (κ2) is 13.6. The van der Waals surface area contributed by atoms with Crippen molar-refractivity contribution in [3.63, 3.8) is 0 Å². The van der Waals surface area contributed by atoms with E-state index in [9.17, 15) is 14.7 Å². The van der Waals surface area contributed by atoms with E-state index in [1.165, 1.54) is 0 Å². The van der Waals surface area contributed by atoms with Gasteiger partial charge in [-0.25, -0.2) is 0 Å². The monoisotopic (exact) mass is 512 g/mol. The Morgan fingerprint density at radius 2 is 1.59 bits per heavy atom. The van der Waals surface area contributed by atoms with Crippen LogP contribution in [0, 0.1) is 0 Å². The highest BCUT2D eigenvalue weighted by molar-refractivity contribution is 5.90. The average Bonchev–Trinajstić information content (AvgIpc) is 2.92. The molecule has 2 aromatic carbocycles. The number of aliphatic hydroxyl groups is 1. The molecule has 0 radical (unpaired) electrons. The summed E-state index contributed by atoms with van der Waals surface area (Å²) in [5.74, 6) is -0.986. The number of carbonyl (C=O) groups is 2. The number of benzene rings is 2. The van der Waals surface area contributed by atoms with Crippen molar-refractivity contribution >= 4 is 17.6 Å². The minimum atomic E-state index is -0.847. The second-order valence-electron chi connectivity index (χ2n) is 9.53. The number of nitrogens with zero attached hydrogens (tertiary/aromatic N) is 1. The van der Waals surface area contributed by atoms with Gasteiger partial charge in [-0.1, -0.05) is 36.4 Å². The van der Waals surface area contributed by atoms with Gasteiger partial charge in [0.05, 0.1) is 32.0 Å². The first-order valence-corrected chi connectivity index (χ1v) is 12.9. The smallest absolute Gasteiger partial charge is 0.303 e. The molecule has 3 atom stereocenters. The van der Waals surface area contributed by atoms with Gasteiger partial charge in [-0.3, -0.25) is 14.5 Å². The van der Waals surface area contributed by atoms with Crippen LogP contribution in [0.5, 0.6) is 0 Å². The van der Waals surface area contributed by atoms with E-state index < -0.39 is 12.3 Å². The van der Waals surface area contributed by atoms with Gasteiger partial charge in [0.15, 0.2) is 6.29 Å². The number of amides is 1. The summed E-state index contributed by atoms with van der Waals surface area (Å²) in [7, 11) is 0. The van der Waals surface area contributed by atoms with E-state index in [0.717, 1.165) is 56.0 Å². The van der Waals surface area contributed by atoms with Crippen molar-refractivity contribution in [2.75, 3.05) is 38.2 Å². The molecule has 2 aliphatic rings. The van der Waals surface area contributed by atoms with Crippen LogP contribution >= 0.6 is 0 Å². The lowest BCUT2D eigenvalue weighted by atomic mass is 9.99. The molecular weight excluding hydrogens is 476 g/mol. The van der Waals surface area contributed by atoms with Gasteiger partial charge in [0, 0.05) is 50.1 Å². The van der Waals surface area contributed by atoms with E-state index in [2.05, 4.69) is 10.2 Å². The lowest BCUT2D eigenvalue weighted by Gasteiger charge is -2.39. The third-order valence-electron chi connectivity index (χ3n) is 6.69. The molecule has 0 spiro atoms. The molecule has 2 aliphatic heterocycles.